The lowest BCUT2D eigenvalue weighted by molar-refractivity contribution is 0.0698. The van der Waals surface area contributed by atoms with Gasteiger partial charge in [-0.2, -0.15) is 0 Å². The maximum atomic E-state index is 12.7. The second-order valence-electron chi connectivity index (χ2n) is 6.58. The number of nitrogens with one attached hydrogen (secondary N) is 1. The summed E-state index contributed by atoms with van der Waals surface area (Å²) in [4.78, 5) is 13.9. The molecule has 0 amide bonds. The molecule has 0 aromatic heterocycles. The molecule has 1 saturated heterocycles. The van der Waals surface area contributed by atoms with E-state index in [0.717, 1.165) is 42.7 Å². The molecule has 6 nitrogen and oxygen atoms in total. The predicted molar refractivity (Wildman–Crippen MR) is 102 cm³/mol. The first-order valence-corrected chi connectivity index (χ1v) is 9.98. The molecular formula is C19H22N2O4S. The molecule has 138 valence electrons. The molecule has 7 heteroatoms. The molecule has 1 fully saturated rings. The number of rotatable bonds is 5. The van der Waals surface area contributed by atoms with E-state index in [4.69, 9.17) is 0 Å². The Bertz CT molecular complexity index is 948. The summed E-state index contributed by atoms with van der Waals surface area (Å²) >= 11 is 0. The Morgan fingerprint density at radius 1 is 1.04 bits per heavy atom. The predicted octanol–water partition coefficient (Wildman–Crippen LogP) is 3.40. The molecule has 3 rings (SSSR count). The maximum Gasteiger partial charge on any atom is 0.337 e. The molecule has 0 aliphatic carbocycles. The van der Waals surface area contributed by atoms with Gasteiger partial charge in [-0.05, 0) is 68.1 Å². The van der Waals surface area contributed by atoms with Gasteiger partial charge < -0.3 is 10.0 Å². The van der Waals surface area contributed by atoms with Gasteiger partial charge in [0, 0.05) is 18.8 Å². The average molecular weight is 374 g/mol. The number of carbonyl (C=O) groups is 1. The van der Waals surface area contributed by atoms with Gasteiger partial charge in [-0.15, -0.1) is 0 Å². The van der Waals surface area contributed by atoms with Crippen LogP contribution in [0.15, 0.2) is 41.3 Å². The molecule has 1 heterocycles. The Hall–Kier alpha value is -2.54. The molecule has 2 aromatic carbocycles. The van der Waals surface area contributed by atoms with Crippen molar-refractivity contribution in [1.29, 1.82) is 0 Å². The van der Waals surface area contributed by atoms with Gasteiger partial charge in [0.15, 0.2) is 0 Å². The molecule has 0 spiro atoms. The Balaban J connectivity index is 1.95. The fourth-order valence-corrected chi connectivity index (χ4v) is 4.22. The van der Waals surface area contributed by atoms with Gasteiger partial charge in [0.05, 0.1) is 16.1 Å². The van der Waals surface area contributed by atoms with Crippen LogP contribution in [0.3, 0.4) is 0 Å². The standard InChI is InChI=1S/C19H22N2O4S/c1-13-5-7-16(11-14(13)2)26(24,25)20-18-8-6-15(12-17(18)19(22)23)21-9-3-4-10-21/h5-8,11-12,20H,3-4,9-10H2,1-2H3,(H,22,23). The highest BCUT2D eigenvalue weighted by molar-refractivity contribution is 7.92. The van der Waals surface area contributed by atoms with Crippen LogP contribution in [0.4, 0.5) is 11.4 Å². The smallest absolute Gasteiger partial charge is 0.337 e. The number of anilines is 2. The number of hydrogen-bond acceptors (Lipinski definition) is 4. The summed E-state index contributed by atoms with van der Waals surface area (Å²) in [6, 6.07) is 9.65. The molecule has 2 aromatic rings. The lowest BCUT2D eigenvalue weighted by Gasteiger charge is -2.19. The molecule has 0 unspecified atom stereocenters. The van der Waals surface area contributed by atoms with Crippen LogP contribution in [0.2, 0.25) is 0 Å². The Kier molecular flexibility index (Phi) is 4.91. The largest absolute Gasteiger partial charge is 0.478 e. The van der Waals surface area contributed by atoms with Gasteiger partial charge in [-0.1, -0.05) is 6.07 Å². The monoisotopic (exact) mass is 374 g/mol. The van der Waals surface area contributed by atoms with Crippen molar-refractivity contribution in [3.8, 4) is 0 Å². The van der Waals surface area contributed by atoms with E-state index in [1.165, 1.54) is 18.2 Å². The Morgan fingerprint density at radius 3 is 2.35 bits per heavy atom. The van der Waals surface area contributed by atoms with E-state index in [9.17, 15) is 18.3 Å². The van der Waals surface area contributed by atoms with Gasteiger partial charge in [0.25, 0.3) is 10.0 Å². The van der Waals surface area contributed by atoms with E-state index >= 15 is 0 Å². The van der Waals surface area contributed by atoms with Crippen molar-refractivity contribution in [2.75, 3.05) is 22.7 Å². The lowest BCUT2D eigenvalue weighted by Crippen LogP contribution is -2.19. The first-order chi connectivity index (χ1) is 12.3. The Labute approximate surface area is 153 Å². The summed E-state index contributed by atoms with van der Waals surface area (Å²) in [5.41, 5.74) is 2.66. The summed E-state index contributed by atoms with van der Waals surface area (Å²) in [5.74, 6) is -1.16. The highest BCUT2D eigenvalue weighted by Gasteiger charge is 2.21. The van der Waals surface area contributed by atoms with Crippen LogP contribution >= 0.6 is 0 Å². The number of aryl methyl sites for hydroxylation is 2. The van der Waals surface area contributed by atoms with E-state index in [0.29, 0.717) is 0 Å². The molecule has 2 N–H and O–H groups in total. The first kappa shape index (κ1) is 18.3. The van der Waals surface area contributed by atoms with Crippen molar-refractivity contribution in [1.82, 2.24) is 0 Å². The summed E-state index contributed by atoms with van der Waals surface area (Å²) in [6.07, 6.45) is 2.15. The van der Waals surface area contributed by atoms with Gasteiger partial charge in [0.1, 0.15) is 0 Å². The van der Waals surface area contributed by atoms with E-state index in [1.54, 1.807) is 18.2 Å². The molecule has 1 aliphatic heterocycles. The zero-order valence-electron chi connectivity index (χ0n) is 14.8. The summed E-state index contributed by atoms with van der Waals surface area (Å²) in [7, 11) is -3.87. The van der Waals surface area contributed by atoms with Crippen LogP contribution in [0.1, 0.15) is 34.3 Å². The van der Waals surface area contributed by atoms with E-state index in [2.05, 4.69) is 9.62 Å². The minimum atomic E-state index is -3.87. The third-order valence-electron chi connectivity index (χ3n) is 4.74. The number of hydrogen-bond donors (Lipinski definition) is 2. The second kappa shape index (κ2) is 6.99. The Morgan fingerprint density at radius 2 is 1.73 bits per heavy atom. The number of benzene rings is 2. The van der Waals surface area contributed by atoms with E-state index in [-0.39, 0.29) is 16.1 Å². The maximum absolute atomic E-state index is 12.7. The van der Waals surface area contributed by atoms with Crippen LogP contribution in [0.5, 0.6) is 0 Å². The van der Waals surface area contributed by atoms with Crippen molar-refractivity contribution in [2.45, 2.75) is 31.6 Å². The summed E-state index contributed by atoms with van der Waals surface area (Å²) in [5, 5.41) is 9.53. The molecule has 0 bridgehead atoms. The number of nitrogens with zero attached hydrogens (tertiary/aromatic N) is 1. The molecule has 26 heavy (non-hydrogen) atoms. The average Bonchev–Trinajstić information content (AvgIpc) is 3.11. The molecule has 0 atom stereocenters. The molecule has 0 radical (unpaired) electrons. The van der Waals surface area contributed by atoms with Gasteiger partial charge in [0.2, 0.25) is 0 Å². The third kappa shape index (κ3) is 3.67. The zero-order valence-corrected chi connectivity index (χ0v) is 15.6. The topological polar surface area (TPSA) is 86.7 Å². The SMILES string of the molecule is Cc1ccc(S(=O)(=O)Nc2ccc(N3CCCC3)cc2C(=O)O)cc1C. The van der Waals surface area contributed by atoms with Crippen LogP contribution < -0.4 is 9.62 Å². The number of aromatic carboxylic acids is 1. The normalized spacial score (nSPS) is 14.5. The minimum Gasteiger partial charge on any atom is -0.478 e. The first-order valence-electron chi connectivity index (χ1n) is 8.50. The van der Waals surface area contributed by atoms with Crippen molar-refractivity contribution in [3.63, 3.8) is 0 Å². The van der Waals surface area contributed by atoms with Crippen molar-refractivity contribution < 1.29 is 18.3 Å². The van der Waals surface area contributed by atoms with Crippen LogP contribution in [0, 0.1) is 13.8 Å². The quantitative estimate of drug-likeness (QED) is 0.838. The molecule has 1 aliphatic rings. The molecular weight excluding hydrogens is 352 g/mol. The number of carboxylic acid groups (broad SMARTS) is 1. The van der Waals surface area contributed by atoms with Crippen molar-refractivity contribution in [3.05, 3.63) is 53.1 Å². The number of sulfonamides is 1. The fourth-order valence-electron chi connectivity index (χ4n) is 3.05. The van der Waals surface area contributed by atoms with E-state index in [1.807, 2.05) is 13.8 Å². The van der Waals surface area contributed by atoms with Gasteiger partial charge in [-0.25, -0.2) is 13.2 Å². The summed E-state index contributed by atoms with van der Waals surface area (Å²) in [6.45, 7) is 5.50. The third-order valence-corrected chi connectivity index (χ3v) is 6.10. The van der Waals surface area contributed by atoms with Crippen LogP contribution in [-0.4, -0.2) is 32.6 Å². The van der Waals surface area contributed by atoms with Crippen LogP contribution in [0.25, 0.3) is 0 Å². The highest BCUT2D eigenvalue weighted by Crippen LogP contribution is 2.28. The van der Waals surface area contributed by atoms with Gasteiger partial charge in [-0.3, -0.25) is 4.72 Å². The van der Waals surface area contributed by atoms with Crippen molar-refractivity contribution >= 4 is 27.4 Å². The fraction of sp³-hybridized carbons (Fsp3) is 0.316. The minimum absolute atomic E-state index is 0.0539. The summed E-state index contributed by atoms with van der Waals surface area (Å²) < 4.78 is 27.8. The van der Waals surface area contributed by atoms with Crippen LogP contribution in [-0.2, 0) is 10.0 Å². The van der Waals surface area contributed by atoms with Gasteiger partial charge >= 0.3 is 5.97 Å². The lowest BCUT2D eigenvalue weighted by atomic mass is 10.1. The molecule has 0 saturated carbocycles. The van der Waals surface area contributed by atoms with E-state index < -0.39 is 16.0 Å². The second-order valence-corrected chi connectivity index (χ2v) is 8.26. The zero-order chi connectivity index (χ0) is 18.9. The number of carboxylic acids is 1. The van der Waals surface area contributed by atoms with Crippen molar-refractivity contribution in [2.24, 2.45) is 0 Å². The highest BCUT2D eigenvalue weighted by atomic mass is 32.2.